The molecule has 0 amide bonds. The van der Waals surface area contributed by atoms with Crippen molar-refractivity contribution in [2.24, 2.45) is 5.92 Å². The minimum atomic E-state index is 0.0556. The lowest BCUT2D eigenvalue weighted by Gasteiger charge is -2.17. The standard InChI is InChI=1S/C11H19N3O/c1-8(2)5-10(15-4)9-6-11(12-3)14-7-13-9/h6-8,10H,5H2,1-4H3,(H,12,13,14). The van der Waals surface area contributed by atoms with Crippen molar-refractivity contribution in [3.8, 4) is 0 Å². The predicted molar refractivity (Wildman–Crippen MR) is 60.8 cm³/mol. The smallest absolute Gasteiger partial charge is 0.129 e. The van der Waals surface area contributed by atoms with Crippen LogP contribution in [0.25, 0.3) is 0 Å². The number of rotatable bonds is 5. The third kappa shape index (κ3) is 3.47. The van der Waals surface area contributed by atoms with Crippen LogP contribution in [-0.2, 0) is 4.74 Å². The van der Waals surface area contributed by atoms with E-state index in [4.69, 9.17) is 4.74 Å². The topological polar surface area (TPSA) is 47.0 Å². The summed E-state index contributed by atoms with van der Waals surface area (Å²) in [5, 5.41) is 2.99. The summed E-state index contributed by atoms with van der Waals surface area (Å²) in [4.78, 5) is 8.31. The van der Waals surface area contributed by atoms with Crippen LogP contribution >= 0.6 is 0 Å². The fourth-order valence-electron chi connectivity index (χ4n) is 1.45. The van der Waals surface area contributed by atoms with Crippen molar-refractivity contribution in [2.75, 3.05) is 19.5 Å². The van der Waals surface area contributed by atoms with Crippen molar-refractivity contribution < 1.29 is 4.74 Å². The number of hydrogen-bond donors (Lipinski definition) is 1. The monoisotopic (exact) mass is 209 g/mol. The first kappa shape index (κ1) is 11.9. The highest BCUT2D eigenvalue weighted by Crippen LogP contribution is 2.23. The third-order valence-corrected chi connectivity index (χ3v) is 2.24. The Morgan fingerprint density at radius 3 is 2.67 bits per heavy atom. The molecule has 0 saturated carbocycles. The minimum absolute atomic E-state index is 0.0556. The molecule has 1 N–H and O–H groups in total. The second kappa shape index (κ2) is 5.66. The van der Waals surface area contributed by atoms with Gasteiger partial charge < -0.3 is 10.1 Å². The van der Waals surface area contributed by atoms with Gasteiger partial charge in [0.25, 0.3) is 0 Å². The summed E-state index contributed by atoms with van der Waals surface area (Å²) in [6.45, 7) is 4.35. The van der Waals surface area contributed by atoms with Gasteiger partial charge in [-0.15, -0.1) is 0 Å². The molecule has 15 heavy (non-hydrogen) atoms. The number of anilines is 1. The first-order valence-corrected chi connectivity index (χ1v) is 5.19. The number of methoxy groups -OCH3 is 1. The summed E-state index contributed by atoms with van der Waals surface area (Å²) < 4.78 is 5.43. The summed E-state index contributed by atoms with van der Waals surface area (Å²) in [7, 11) is 3.56. The zero-order valence-corrected chi connectivity index (χ0v) is 9.82. The predicted octanol–water partition coefficient (Wildman–Crippen LogP) is 2.25. The van der Waals surface area contributed by atoms with Crippen molar-refractivity contribution >= 4 is 5.82 Å². The van der Waals surface area contributed by atoms with Crippen LogP contribution in [-0.4, -0.2) is 24.1 Å². The molecule has 84 valence electrons. The van der Waals surface area contributed by atoms with E-state index in [0.29, 0.717) is 5.92 Å². The molecule has 1 unspecified atom stereocenters. The zero-order valence-electron chi connectivity index (χ0n) is 9.82. The molecule has 0 radical (unpaired) electrons. The number of aromatic nitrogens is 2. The van der Waals surface area contributed by atoms with Crippen molar-refractivity contribution in [2.45, 2.75) is 26.4 Å². The van der Waals surface area contributed by atoms with E-state index in [0.717, 1.165) is 17.9 Å². The highest BCUT2D eigenvalue weighted by Gasteiger charge is 2.14. The summed E-state index contributed by atoms with van der Waals surface area (Å²) in [5.74, 6) is 1.41. The molecule has 1 heterocycles. The van der Waals surface area contributed by atoms with Crippen LogP contribution in [0.5, 0.6) is 0 Å². The Morgan fingerprint density at radius 1 is 1.40 bits per heavy atom. The third-order valence-electron chi connectivity index (χ3n) is 2.24. The molecule has 0 bridgehead atoms. The van der Waals surface area contributed by atoms with Gasteiger partial charge in [0.05, 0.1) is 11.8 Å². The maximum Gasteiger partial charge on any atom is 0.129 e. The molecule has 0 aliphatic heterocycles. The fraction of sp³-hybridized carbons (Fsp3) is 0.636. The second-order valence-electron chi connectivity index (χ2n) is 3.93. The SMILES string of the molecule is CNc1cc(C(CC(C)C)OC)ncn1. The van der Waals surface area contributed by atoms with Gasteiger partial charge in [-0.3, -0.25) is 0 Å². The van der Waals surface area contributed by atoms with Gasteiger partial charge in [0, 0.05) is 20.2 Å². The lowest BCUT2D eigenvalue weighted by Crippen LogP contribution is -2.08. The van der Waals surface area contributed by atoms with Gasteiger partial charge in [-0.1, -0.05) is 13.8 Å². The summed E-state index contributed by atoms with van der Waals surface area (Å²) in [6, 6.07) is 1.93. The Morgan fingerprint density at radius 2 is 2.13 bits per heavy atom. The van der Waals surface area contributed by atoms with E-state index < -0.39 is 0 Å². The Balaban J connectivity index is 2.81. The van der Waals surface area contributed by atoms with Crippen LogP contribution in [0.2, 0.25) is 0 Å². The number of nitrogens with zero attached hydrogens (tertiary/aromatic N) is 2. The van der Waals surface area contributed by atoms with E-state index in [1.165, 1.54) is 0 Å². The van der Waals surface area contributed by atoms with Crippen LogP contribution in [0.3, 0.4) is 0 Å². The molecule has 1 aromatic heterocycles. The lowest BCUT2D eigenvalue weighted by atomic mass is 10.0. The highest BCUT2D eigenvalue weighted by atomic mass is 16.5. The Kier molecular flexibility index (Phi) is 4.49. The highest BCUT2D eigenvalue weighted by molar-refractivity contribution is 5.34. The van der Waals surface area contributed by atoms with Gasteiger partial charge >= 0.3 is 0 Å². The number of nitrogens with one attached hydrogen (secondary N) is 1. The summed E-state index contributed by atoms with van der Waals surface area (Å²) in [5.41, 5.74) is 0.936. The molecular formula is C11H19N3O. The molecule has 1 atom stereocenters. The maximum atomic E-state index is 5.43. The summed E-state index contributed by atoms with van der Waals surface area (Å²) >= 11 is 0. The zero-order chi connectivity index (χ0) is 11.3. The van der Waals surface area contributed by atoms with Crippen molar-refractivity contribution in [1.82, 2.24) is 9.97 Å². The molecule has 0 aliphatic rings. The quantitative estimate of drug-likeness (QED) is 0.808. The number of hydrogen-bond acceptors (Lipinski definition) is 4. The first-order valence-electron chi connectivity index (χ1n) is 5.19. The first-order chi connectivity index (χ1) is 7.17. The van der Waals surface area contributed by atoms with E-state index >= 15 is 0 Å². The van der Waals surface area contributed by atoms with Gasteiger partial charge in [-0.05, 0) is 12.3 Å². The lowest BCUT2D eigenvalue weighted by molar-refractivity contribution is 0.0810. The van der Waals surface area contributed by atoms with E-state index in [-0.39, 0.29) is 6.10 Å². The van der Waals surface area contributed by atoms with Gasteiger partial charge in [0.2, 0.25) is 0 Å². The molecule has 0 saturated heterocycles. The van der Waals surface area contributed by atoms with E-state index in [2.05, 4.69) is 29.1 Å². The van der Waals surface area contributed by atoms with E-state index in [1.54, 1.807) is 13.4 Å². The van der Waals surface area contributed by atoms with Gasteiger partial charge in [-0.2, -0.15) is 0 Å². The Labute approximate surface area is 91.1 Å². The van der Waals surface area contributed by atoms with Crippen LogP contribution in [0.1, 0.15) is 32.1 Å². The largest absolute Gasteiger partial charge is 0.375 e. The fourth-order valence-corrected chi connectivity index (χ4v) is 1.45. The molecule has 4 nitrogen and oxygen atoms in total. The average Bonchev–Trinajstić information content (AvgIpc) is 2.25. The van der Waals surface area contributed by atoms with Crippen LogP contribution in [0, 0.1) is 5.92 Å². The molecule has 0 aliphatic carbocycles. The van der Waals surface area contributed by atoms with E-state index in [1.807, 2.05) is 13.1 Å². The average molecular weight is 209 g/mol. The molecular weight excluding hydrogens is 190 g/mol. The van der Waals surface area contributed by atoms with Crippen molar-refractivity contribution in [3.05, 3.63) is 18.1 Å². The molecule has 1 aromatic rings. The van der Waals surface area contributed by atoms with Gasteiger partial charge in [-0.25, -0.2) is 9.97 Å². The molecule has 0 fully saturated rings. The normalized spacial score (nSPS) is 12.9. The molecule has 0 spiro atoms. The van der Waals surface area contributed by atoms with Gasteiger partial charge in [0.1, 0.15) is 12.1 Å². The maximum absolute atomic E-state index is 5.43. The van der Waals surface area contributed by atoms with Crippen LogP contribution in [0.4, 0.5) is 5.82 Å². The van der Waals surface area contributed by atoms with Crippen LogP contribution < -0.4 is 5.32 Å². The Hall–Kier alpha value is -1.16. The molecule has 4 heteroatoms. The van der Waals surface area contributed by atoms with Crippen molar-refractivity contribution in [1.29, 1.82) is 0 Å². The minimum Gasteiger partial charge on any atom is -0.375 e. The molecule has 0 aromatic carbocycles. The second-order valence-corrected chi connectivity index (χ2v) is 3.93. The molecule has 1 rings (SSSR count). The van der Waals surface area contributed by atoms with Gasteiger partial charge in [0.15, 0.2) is 0 Å². The van der Waals surface area contributed by atoms with E-state index in [9.17, 15) is 0 Å². The van der Waals surface area contributed by atoms with Crippen molar-refractivity contribution in [3.63, 3.8) is 0 Å². The number of ether oxygens (including phenoxy) is 1. The summed E-state index contributed by atoms with van der Waals surface area (Å²) in [6.07, 6.45) is 2.59. The Bertz CT molecular complexity index is 302. The van der Waals surface area contributed by atoms with Crippen LogP contribution in [0.15, 0.2) is 12.4 Å².